The van der Waals surface area contributed by atoms with Gasteiger partial charge in [0.05, 0.1) is 4.90 Å². The zero-order valence-electron chi connectivity index (χ0n) is 15.6. The summed E-state index contributed by atoms with van der Waals surface area (Å²) < 4.78 is 71.6. The quantitative estimate of drug-likeness (QED) is 0.544. The lowest BCUT2D eigenvalue weighted by Gasteiger charge is -2.14. The van der Waals surface area contributed by atoms with Crippen LogP contribution in [0.15, 0.2) is 83.8 Å². The molecule has 0 radical (unpaired) electrons. The molecular weight excluding hydrogens is 437 g/mol. The fourth-order valence-corrected chi connectivity index (χ4v) is 4.33. The summed E-state index contributed by atoms with van der Waals surface area (Å²) in [6, 6.07) is 17.2. The number of carboxylic acid groups (broad SMARTS) is 1. The van der Waals surface area contributed by atoms with Gasteiger partial charge >= 0.3 is 12.3 Å². The molecule has 1 unspecified atom stereocenters. The second-order valence-electron chi connectivity index (χ2n) is 6.27. The molecule has 1 atom stereocenters. The minimum Gasteiger partial charge on any atom is -0.480 e. The standard InChI is InChI=1S/C21H15F3O6S/c22-21(23,24)30-17-8-6-15(7-9-17)29-16-10-12-18(13-11-16)31(27,28)19(20(25)26)14-4-2-1-3-5-14/h1-13,19H,(H,25,26). The van der Waals surface area contributed by atoms with Crippen LogP contribution in [-0.4, -0.2) is 25.9 Å². The van der Waals surface area contributed by atoms with E-state index >= 15 is 0 Å². The smallest absolute Gasteiger partial charge is 0.480 e. The number of rotatable bonds is 7. The number of aliphatic carboxylic acids is 1. The lowest BCUT2D eigenvalue weighted by molar-refractivity contribution is -0.274. The van der Waals surface area contributed by atoms with Crippen molar-refractivity contribution < 1.29 is 41.0 Å². The topological polar surface area (TPSA) is 89.9 Å². The van der Waals surface area contributed by atoms with Gasteiger partial charge in [0.15, 0.2) is 15.1 Å². The van der Waals surface area contributed by atoms with Crippen molar-refractivity contribution in [3.8, 4) is 17.2 Å². The molecule has 162 valence electrons. The van der Waals surface area contributed by atoms with Gasteiger partial charge in [0.2, 0.25) is 0 Å². The zero-order chi connectivity index (χ0) is 22.6. The summed E-state index contributed by atoms with van der Waals surface area (Å²) in [7, 11) is -4.24. The molecule has 6 nitrogen and oxygen atoms in total. The van der Waals surface area contributed by atoms with Crippen LogP contribution >= 0.6 is 0 Å². The Morgan fingerprint density at radius 1 is 0.806 bits per heavy atom. The predicted octanol–water partition coefficient (Wildman–Crippen LogP) is 4.98. The van der Waals surface area contributed by atoms with E-state index in [0.29, 0.717) is 0 Å². The monoisotopic (exact) mass is 452 g/mol. The number of carboxylic acids is 1. The second-order valence-corrected chi connectivity index (χ2v) is 8.30. The van der Waals surface area contributed by atoms with Crippen LogP contribution in [0.4, 0.5) is 13.2 Å². The van der Waals surface area contributed by atoms with E-state index in [-0.39, 0.29) is 22.0 Å². The van der Waals surface area contributed by atoms with Gasteiger partial charge in [0, 0.05) is 0 Å². The number of ether oxygens (including phenoxy) is 2. The van der Waals surface area contributed by atoms with Gasteiger partial charge in [-0.05, 0) is 54.1 Å². The van der Waals surface area contributed by atoms with Crippen molar-refractivity contribution in [1.82, 2.24) is 0 Å². The molecule has 31 heavy (non-hydrogen) atoms. The van der Waals surface area contributed by atoms with Gasteiger partial charge in [-0.3, -0.25) is 4.79 Å². The molecule has 0 aliphatic carbocycles. The molecule has 3 rings (SSSR count). The van der Waals surface area contributed by atoms with Gasteiger partial charge in [0.25, 0.3) is 0 Å². The molecule has 0 aliphatic heterocycles. The summed E-state index contributed by atoms with van der Waals surface area (Å²) in [6.07, 6.45) is -4.81. The van der Waals surface area contributed by atoms with Gasteiger partial charge in [-0.1, -0.05) is 30.3 Å². The van der Waals surface area contributed by atoms with Crippen molar-refractivity contribution in [2.75, 3.05) is 0 Å². The average molecular weight is 452 g/mol. The van der Waals surface area contributed by atoms with E-state index in [2.05, 4.69) is 4.74 Å². The molecule has 0 saturated carbocycles. The molecular formula is C21H15F3O6S. The third kappa shape index (κ3) is 5.54. The van der Waals surface area contributed by atoms with E-state index in [1.54, 1.807) is 18.2 Å². The van der Waals surface area contributed by atoms with E-state index in [9.17, 15) is 31.5 Å². The Labute approximate surface area is 175 Å². The lowest BCUT2D eigenvalue weighted by atomic mass is 10.1. The van der Waals surface area contributed by atoms with E-state index in [4.69, 9.17) is 4.74 Å². The first kappa shape index (κ1) is 22.2. The number of hydrogen-bond acceptors (Lipinski definition) is 5. The van der Waals surface area contributed by atoms with E-state index < -0.39 is 33.2 Å². The SMILES string of the molecule is O=C(O)C(c1ccccc1)S(=O)(=O)c1ccc(Oc2ccc(OC(F)(F)F)cc2)cc1. The van der Waals surface area contributed by atoms with Crippen LogP contribution in [0, 0.1) is 0 Å². The van der Waals surface area contributed by atoms with Crippen LogP contribution < -0.4 is 9.47 Å². The maximum atomic E-state index is 12.9. The van der Waals surface area contributed by atoms with E-state index in [1.165, 1.54) is 48.5 Å². The largest absolute Gasteiger partial charge is 0.573 e. The Bertz CT molecular complexity index is 1140. The van der Waals surface area contributed by atoms with Crippen LogP contribution in [0.5, 0.6) is 17.2 Å². The summed E-state index contributed by atoms with van der Waals surface area (Å²) in [6.45, 7) is 0. The van der Waals surface area contributed by atoms with Gasteiger partial charge in [0.1, 0.15) is 17.2 Å². The van der Waals surface area contributed by atoms with Gasteiger partial charge < -0.3 is 14.6 Å². The highest BCUT2D eigenvalue weighted by Crippen LogP contribution is 2.32. The highest BCUT2D eigenvalue weighted by Gasteiger charge is 2.35. The molecule has 1 N–H and O–H groups in total. The number of benzene rings is 3. The minimum absolute atomic E-state index is 0.122. The first-order valence-electron chi connectivity index (χ1n) is 8.72. The molecule has 0 spiro atoms. The highest BCUT2D eigenvalue weighted by molar-refractivity contribution is 7.92. The fraction of sp³-hybridized carbons (Fsp3) is 0.0952. The van der Waals surface area contributed by atoms with Crippen LogP contribution in [0.2, 0.25) is 0 Å². The molecule has 3 aromatic rings. The molecule has 0 aromatic heterocycles. The van der Waals surface area contributed by atoms with Crippen molar-refractivity contribution in [3.05, 3.63) is 84.4 Å². The van der Waals surface area contributed by atoms with Gasteiger partial charge in [-0.2, -0.15) is 0 Å². The van der Waals surface area contributed by atoms with Crippen LogP contribution in [0.1, 0.15) is 10.8 Å². The van der Waals surface area contributed by atoms with E-state index in [1.807, 2.05) is 0 Å². The highest BCUT2D eigenvalue weighted by atomic mass is 32.2. The summed E-state index contributed by atoms with van der Waals surface area (Å²) in [4.78, 5) is 11.4. The van der Waals surface area contributed by atoms with Crippen molar-refractivity contribution in [3.63, 3.8) is 0 Å². The van der Waals surface area contributed by atoms with Crippen molar-refractivity contribution in [2.45, 2.75) is 16.5 Å². The zero-order valence-corrected chi connectivity index (χ0v) is 16.4. The number of sulfone groups is 1. The summed E-state index contributed by atoms with van der Waals surface area (Å²) >= 11 is 0. The fourth-order valence-electron chi connectivity index (χ4n) is 2.76. The molecule has 10 heteroatoms. The molecule has 0 aliphatic rings. The summed E-state index contributed by atoms with van der Waals surface area (Å²) in [5.41, 5.74) is 0.122. The maximum Gasteiger partial charge on any atom is 0.573 e. The van der Waals surface area contributed by atoms with Crippen molar-refractivity contribution in [2.24, 2.45) is 0 Å². The van der Waals surface area contributed by atoms with Crippen molar-refractivity contribution >= 4 is 15.8 Å². The Kier molecular flexibility index (Phi) is 6.21. The van der Waals surface area contributed by atoms with Crippen LogP contribution in [0.3, 0.4) is 0 Å². The van der Waals surface area contributed by atoms with Crippen LogP contribution in [0.25, 0.3) is 0 Å². The predicted molar refractivity (Wildman–Crippen MR) is 104 cm³/mol. The molecule has 3 aromatic carbocycles. The molecule has 0 heterocycles. The number of carbonyl (C=O) groups is 1. The summed E-state index contributed by atoms with van der Waals surface area (Å²) in [5.74, 6) is -1.53. The third-order valence-electron chi connectivity index (χ3n) is 4.08. The first-order chi connectivity index (χ1) is 14.6. The summed E-state index contributed by atoms with van der Waals surface area (Å²) in [5, 5.41) is 7.71. The number of alkyl halides is 3. The minimum atomic E-state index is -4.81. The molecule has 0 saturated heterocycles. The lowest BCUT2D eigenvalue weighted by Crippen LogP contribution is -2.22. The Morgan fingerprint density at radius 3 is 1.77 bits per heavy atom. The first-order valence-corrected chi connectivity index (χ1v) is 10.3. The number of hydrogen-bond donors (Lipinski definition) is 1. The Morgan fingerprint density at radius 2 is 1.29 bits per heavy atom. The average Bonchev–Trinajstić information content (AvgIpc) is 2.69. The molecule has 0 bridgehead atoms. The Hall–Kier alpha value is -3.53. The number of halogens is 3. The Balaban J connectivity index is 1.78. The third-order valence-corrected chi connectivity index (χ3v) is 6.11. The maximum absolute atomic E-state index is 12.9. The van der Waals surface area contributed by atoms with E-state index in [0.717, 1.165) is 12.1 Å². The van der Waals surface area contributed by atoms with Gasteiger partial charge in [-0.25, -0.2) is 8.42 Å². The normalized spacial score (nSPS) is 12.7. The van der Waals surface area contributed by atoms with Crippen molar-refractivity contribution in [1.29, 1.82) is 0 Å². The van der Waals surface area contributed by atoms with Gasteiger partial charge in [-0.15, -0.1) is 13.2 Å². The molecule has 0 fully saturated rings. The van der Waals surface area contributed by atoms with Crippen LogP contribution in [-0.2, 0) is 14.6 Å². The molecule has 0 amide bonds. The second kappa shape index (κ2) is 8.68.